The van der Waals surface area contributed by atoms with Gasteiger partial charge in [0.05, 0.1) is 22.8 Å². The van der Waals surface area contributed by atoms with Crippen LogP contribution in [0.5, 0.6) is 0 Å². The van der Waals surface area contributed by atoms with Crippen molar-refractivity contribution in [3.63, 3.8) is 0 Å². The third-order valence-electron chi connectivity index (χ3n) is 2.51. The molecule has 2 aromatic heterocycles. The van der Waals surface area contributed by atoms with E-state index in [0.717, 1.165) is 27.8 Å². The predicted molar refractivity (Wildman–Crippen MR) is 60.9 cm³/mol. The number of fused-ring (bicyclic) bond motifs is 3. The number of thiophene rings is 1. The van der Waals surface area contributed by atoms with Gasteiger partial charge >= 0.3 is 5.97 Å². The number of aromatic nitrogens is 2. The summed E-state index contributed by atoms with van der Waals surface area (Å²) in [5, 5.41) is 12.1. The number of hydrogen-bond acceptors (Lipinski definition) is 4. The van der Waals surface area contributed by atoms with E-state index in [4.69, 9.17) is 5.11 Å². The zero-order valence-corrected chi connectivity index (χ0v) is 9.31. The number of carboxylic acids is 1. The second kappa shape index (κ2) is 3.08. The van der Waals surface area contributed by atoms with Crippen molar-refractivity contribution in [2.24, 2.45) is 0 Å². The molecule has 0 spiro atoms. The van der Waals surface area contributed by atoms with Gasteiger partial charge in [0.25, 0.3) is 0 Å². The van der Waals surface area contributed by atoms with Gasteiger partial charge in [-0.05, 0) is 13.0 Å². The Labute approximate surface area is 95.2 Å². The molecule has 3 heterocycles. The fourth-order valence-corrected chi connectivity index (χ4v) is 2.83. The smallest absolute Gasteiger partial charge is 0.345 e. The van der Waals surface area contributed by atoms with Gasteiger partial charge in [0.15, 0.2) is 0 Å². The molecule has 5 nitrogen and oxygen atoms in total. The van der Waals surface area contributed by atoms with Gasteiger partial charge in [0.2, 0.25) is 0 Å². The van der Waals surface area contributed by atoms with Gasteiger partial charge in [-0.25, -0.2) is 9.78 Å². The summed E-state index contributed by atoms with van der Waals surface area (Å²) in [5.41, 5.74) is 2.76. The number of anilines is 1. The van der Waals surface area contributed by atoms with Crippen molar-refractivity contribution >= 4 is 23.0 Å². The number of aromatic carboxylic acids is 1. The van der Waals surface area contributed by atoms with Crippen LogP contribution in [0.4, 0.5) is 5.69 Å². The van der Waals surface area contributed by atoms with Crippen molar-refractivity contribution in [3.05, 3.63) is 22.5 Å². The number of imidazole rings is 1. The summed E-state index contributed by atoms with van der Waals surface area (Å²) < 4.78 is 0. The molecule has 0 fully saturated rings. The Morgan fingerprint density at radius 2 is 2.44 bits per heavy atom. The van der Waals surface area contributed by atoms with Crippen LogP contribution >= 0.6 is 11.3 Å². The predicted octanol–water partition coefficient (Wildman–Crippen LogP) is 2.07. The number of hydrogen-bond donors (Lipinski definition) is 3. The molecular weight excluding hydrogens is 226 g/mol. The third kappa shape index (κ3) is 1.23. The van der Waals surface area contributed by atoms with E-state index in [2.05, 4.69) is 15.3 Å². The topological polar surface area (TPSA) is 78.0 Å². The Morgan fingerprint density at radius 3 is 3.19 bits per heavy atom. The van der Waals surface area contributed by atoms with E-state index in [9.17, 15) is 4.79 Å². The van der Waals surface area contributed by atoms with Crippen LogP contribution < -0.4 is 5.32 Å². The Bertz CT molecular complexity index is 585. The van der Waals surface area contributed by atoms with Crippen LogP contribution in [0.3, 0.4) is 0 Å². The molecule has 0 radical (unpaired) electrons. The van der Waals surface area contributed by atoms with Crippen molar-refractivity contribution in [1.82, 2.24) is 9.97 Å². The molecule has 1 aliphatic rings. The first-order chi connectivity index (χ1) is 7.65. The molecular formula is C10H9N3O2S. The lowest BCUT2D eigenvalue weighted by Gasteiger charge is -2.12. The SMILES string of the molecule is Cc1nc2c([nH]1)CNc1cc(C(=O)O)sc1-2. The van der Waals surface area contributed by atoms with Crippen molar-refractivity contribution in [2.75, 3.05) is 5.32 Å². The van der Waals surface area contributed by atoms with Crippen molar-refractivity contribution < 1.29 is 9.90 Å². The molecule has 0 aromatic carbocycles. The Balaban J connectivity index is 2.19. The molecule has 2 aromatic rings. The minimum Gasteiger partial charge on any atom is -0.477 e. The molecule has 1 aliphatic heterocycles. The molecule has 82 valence electrons. The fourth-order valence-electron chi connectivity index (χ4n) is 1.84. The number of H-pyrrole nitrogens is 1. The van der Waals surface area contributed by atoms with Crippen molar-refractivity contribution in [1.29, 1.82) is 0 Å². The molecule has 0 aliphatic carbocycles. The second-order valence-electron chi connectivity index (χ2n) is 3.66. The Hall–Kier alpha value is -1.82. The van der Waals surface area contributed by atoms with Crippen LogP contribution in [-0.2, 0) is 6.54 Å². The van der Waals surface area contributed by atoms with Gasteiger partial charge in [0.1, 0.15) is 16.4 Å². The normalized spacial score (nSPS) is 12.8. The van der Waals surface area contributed by atoms with Crippen LogP contribution in [0.25, 0.3) is 10.6 Å². The summed E-state index contributed by atoms with van der Waals surface area (Å²) in [7, 11) is 0. The summed E-state index contributed by atoms with van der Waals surface area (Å²) in [4.78, 5) is 19.7. The highest BCUT2D eigenvalue weighted by atomic mass is 32.1. The number of nitrogens with zero attached hydrogens (tertiary/aromatic N) is 1. The number of rotatable bonds is 1. The van der Waals surface area contributed by atoms with E-state index in [1.54, 1.807) is 6.07 Å². The minimum atomic E-state index is -0.894. The van der Waals surface area contributed by atoms with Crippen LogP contribution in [-0.4, -0.2) is 21.0 Å². The summed E-state index contributed by atoms with van der Waals surface area (Å²) in [5.74, 6) is -0.0417. The molecule has 6 heteroatoms. The lowest BCUT2D eigenvalue weighted by molar-refractivity contribution is 0.0702. The maximum Gasteiger partial charge on any atom is 0.345 e. The number of carbonyl (C=O) groups is 1. The maximum absolute atomic E-state index is 10.9. The minimum absolute atomic E-state index is 0.339. The van der Waals surface area contributed by atoms with Crippen LogP contribution in [0, 0.1) is 6.92 Å². The first-order valence-electron chi connectivity index (χ1n) is 4.82. The quantitative estimate of drug-likeness (QED) is 0.707. The third-order valence-corrected chi connectivity index (χ3v) is 3.64. The van der Waals surface area contributed by atoms with Crippen molar-refractivity contribution in [3.8, 4) is 10.6 Å². The van der Waals surface area contributed by atoms with E-state index in [0.29, 0.717) is 11.4 Å². The summed E-state index contributed by atoms with van der Waals surface area (Å²) >= 11 is 1.25. The lowest BCUT2D eigenvalue weighted by atomic mass is 10.2. The average molecular weight is 235 g/mol. The highest BCUT2D eigenvalue weighted by Gasteiger charge is 2.23. The molecule has 0 saturated carbocycles. The largest absolute Gasteiger partial charge is 0.477 e. The zero-order valence-electron chi connectivity index (χ0n) is 8.50. The van der Waals surface area contributed by atoms with Gasteiger partial charge < -0.3 is 15.4 Å². The first kappa shape index (κ1) is 9.41. The molecule has 3 N–H and O–H groups in total. The number of carboxylic acid groups (broad SMARTS) is 1. The molecule has 0 saturated heterocycles. The van der Waals surface area contributed by atoms with E-state index < -0.39 is 5.97 Å². The van der Waals surface area contributed by atoms with Crippen molar-refractivity contribution in [2.45, 2.75) is 13.5 Å². The van der Waals surface area contributed by atoms with Gasteiger partial charge in [-0.3, -0.25) is 0 Å². The van der Waals surface area contributed by atoms with E-state index >= 15 is 0 Å². The van der Waals surface area contributed by atoms with Crippen LogP contribution in [0.2, 0.25) is 0 Å². The standard InChI is InChI=1S/C10H9N3O2S/c1-4-12-6-3-11-5-2-7(10(14)15)16-9(5)8(6)13-4/h2,11H,3H2,1H3,(H,12,13)(H,14,15). The van der Waals surface area contributed by atoms with E-state index in [-0.39, 0.29) is 0 Å². The van der Waals surface area contributed by atoms with E-state index in [1.165, 1.54) is 11.3 Å². The molecule has 0 bridgehead atoms. The van der Waals surface area contributed by atoms with Crippen LogP contribution in [0.15, 0.2) is 6.07 Å². The summed E-state index contributed by atoms with van der Waals surface area (Å²) in [6.07, 6.45) is 0. The highest BCUT2D eigenvalue weighted by molar-refractivity contribution is 7.18. The molecule has 0 amide bonds. The van der Waals surface area contributed by atoms with Gasteiger partial charge in [0, 0.05) is 0 Å². The second-order valence-corrected chi connectivity index (χ2v) is 4.71. The zero-order chi connectivity index (χ0) is 11.3. The fraction of sp³-hybridized carbons (Fsp3) is 0.200. The molecule has 0 atom stereocenters. The molecule has 16 heavy (non-hydrogen) atoms. The maximum atomic E-state index is 10.9. The number of aromatic amines is 1. The lowest BCUT2D eigenvalue weighted by Crippen LogP contribution is -2.05. The number of aryl methyl sites for hydroxylation is 1. The highest BCUT2D eigenvalue weighted by Crippen LogP contribution is 2.40. The number of nitrogens with one attached hydrogen (secondary N) is 2. The summed E-state index contributed by atoms with van der Waals surface area (Å²) in [6, 6.07) is 1.66. The summed E-state index contributed by atoms with van der Waals surface area (Å²) in [6.45, 7) is 2.56. The monoisotopic (exact) mass is 235 g/mol. The van der Waals surface area contributed by atoms with Gasteiger partial charge in [-0.1, -0.05) is 0 Å². The van der Waals surface area contributed by atoms with Gasteiger partial charge in [-0.15, -0.1) is 11.3 Å². The van der Waals surface area contributed by atoms with Gasteiger partial charge in [-0.2, -0.15) is 0 Å². The first-order valence-corrected chi connectivity index (χ1v) is 5.63. The Morgan fingerprint density at radius 1 is 1.62 bits per heavy atom. The average Bonchev–Trinajstić information content (AvgIpc) is 2.77. The Kier molecular flexibility index (Phi) is 1.81. The molecule has 3 rings (SSSR count). The van der Waals surface area contributed by atoms with E-state index in [1.807, 2.05) is 6.92 Å². The molecule has 0 unspecified atom stereocenters. The van der Waals surface area contributed by atoms with Crippen LogP contribution in [0.1, 0.15) is 21.2 Å².